The van der Waals surface area contributed by atoms with Crippen molar-refractivity contribution in [1.82, 2.24) is 4.90 Å². The Morgan fingerprint density at radius 3 is 2.33 bits per heavy atom. The van der Waals surface area contributed by atoms with Gasteiger partial charge < -0.3 is 5.32 Å². The smallest absolute Gasteiger partial charge is 0.233 e. The lowest BCUT2D eigenvalue weighted by Crippen LogP contribution is -2.34. The maximum atomic E-state index is 12.4. The number of nitrogens with zero attached hydrogens (tertiary/aromatic N) is 1. The summed E-state index contributed by atoms with van der Waals surface area (Å²) in [4.78, 5) is 38.1. The Labute approximate surface area is 141 Å². The molecule has 0 saturated carbocycles. The number of rotatable bonds is 4. The van der Waals surface area contributed by atoms with Crippen LogP contribution in [0.5, 0.6) is 0 Å². The van der Waals surface area contributed by atoms with Crippen molar-refractivity contribution in [3.05, 3.63) is 41.5 Å². The van der Waals surface area contributed by atoms with Crippen molar-refractivity contribution in [1.29, 1.82) is 0 Å². The summed E-state index contributed by atoms with van der Waals surface area (Å²) in [6, 6.07) is 5.81. The zero-order chi connectivity index (χ0) is 17.3. The van der Waals surface area contributed by atoms with Crippen LogP contribution in [0.2, 0.25) is 0 Å². The van der Waals surface area contributed by atoms with Gasteiger partial charge in [-0.25, -0.2) is 0 Å². The molecule has 2 atom stereocenters. The molecule has 0 aromatic heterocycles. The molecule has 0 radical (unpaired) electrons. The molecular weight excluding hydrogens is 304 g/mol. The van der Waals surface area contributed by atoms with Gasteiger partial charge in [-0.15, -0.1) is 0 Å². The van der Waals surface area contributed by atoms with E-state index in [4.69, 9.17) is 0 Å². The Morgan fingerprint density at radius 1 is 1.12 bits per heavy atom. The first-order valence-corrected chi connectivity index (χ1v) is 8.34. The molecule has 1 aromatic carbocycles. The molecular formula is C19H22N2O3. The van der Waals surface area contributed by atoms with Gasteiger partial charge in [-0.05, 0) is 38.3 Å². The highest BCUT2D eigenvalue weighted by Gasteiger charge is 2.46. The highest BCUT2D eigenvalue weighted by molar-refractivity contribution is 6.05. The zero-order valence-electron chi connectivity index (χ0n) is 14.0. The highest BCUT2D eigenvalue weighted by atomic mass is 16.2. The molecule has 1 aromatic rings. The Hall–Kier alpha value is -2.43. The van der Waals surface area contributed by atoms with Gasteiger partial charge in [0, 0.05) is 18.7 Å². The number of hydrogen-bond donors (Lipinski definition) is 1. The standard InChI is InChI=1S/C19H22N2O3/c1-12-7-8-16(13(2)11-12)20-17(22)9-10-21-18(23)14-5-3-4-6-15(14)19(21)24/h3-4,7-8,11,14-15H,5-6,9-10H2,1-2H3,(H,20,22)/t14-,15-/m0/s1. The Bertz CT molecular complexity index is 697. The van der Waals surface area contributed by atoms with Crippen LogP contribution in [-0.4, -0.2) is 29.2 Å². The lowest BCUT2D eigenvalue weighted by Gasteiger charge is -2.15. The number of anilines is 1. The number of hydrogen-bond acceptors (Lipinski definition) is 3. The average Bonchev–Trinajstić information content (AvgIpc) is 2.80. The molecule has 0 bridgehead atoms. The van der Waals surface area contributed by atoms with Crippen LogP contribution in [0.25, 0.3) is 0 Å². The molecule has 1 aliphatic heterocycles. The molecule has 1 saturated heterocycles. The monoisotopic (exact) mass is 326 g/mol. The largest absolute Gasteiger partial charge is 0.326 e. The zero-order valence-corrected chi connectivity index (χ0v) is 14.0. The van der Waals surface area contributed by atoms with E-state index >= 15 is 0 Å². The molecule has 5 nitrogen and oxygen atoms in total. The number of carbonyl (C=O) groups is 3. The van der Waals surface area contributed by atoms with Crippen molar-refractivity contribution in [3.63, 3.8) is 0 Å². The van der Waals surface area contributed by atoms with E-state index in [1.165, 1.54) is 4.90 Å². The van der Waals surface area contributed by atoms with Crippen LogP contribution in [0.4, 0.5) is 5.69 Å². The van der Waals surface area contributed by atoms with Gasteiger partial charge in [0.05, 0.1) is 11.8 Å². The predicted molar refractivity (Wildman–Crippen MR) is 91.2 cm³/mol. The van der Waals surface area contributed by atoms with E-state index in [1.54, 1.807) is 0 Å². The first-order chi connectivity index (χ1) is 11.5. The molecule has 3 amide bonds. The predicted octanol–water partition coefficient (Wildman–Crippen LogP) is 2.58. The van der Waals surface area contributed by atoms with Crippen LogP contribution in [0.15, 0.2) is 30.4 Å². The highest BCUT2D eigenvalue weighted by Crippen LogP contribution is 2.35. The fourth-order valence-corrected chi connectivity index (χ4v) is 3.47. The number of allylic oxidation sites excluding steroid dienone is 2. The average molecular weight is 326 g/mol. The molecule has 0 unspecified atom stereocenters. The van der Waals surface area contributed by atoms with Crippen molar-refractivity contribution >= 4 is 23.4 Å². The molecule has 1 N–H and O–H groups in total. The molecule has 24 heavy (non-hydrogen) atoms. The lowest BCUT2D eigenvalue weighted by molar-refractivity contribution is -0.140. The topological polar surface area (TPSA) is 66.5 Å². The van der Waals surface area contributed by atoms with Gasteiger partial charge in [-0.3, -0.25) is 19.3 Å². The molecule has 3 rings (SSSR count). The van der Waals surface area contributed by atoms with Gasteiger partial charge >= 0.3 is 0 Å². The summed E-state index contributed by atoms with van der Waals surface area (Å²) >= 11 is 0. The quantitative estimate of drug-likeness (QED) is 0.683. The number of amides is 3. The first-order valence-electron chi connectivity index (χ1n) is 8.34. The maximum Gasteiger partial charge on any atom is 0.233 e. The van der Waals surface area contributed by atoms with E-state index in [2.05, 4.69) is 5.32 Å². The Morgan fingerprint density at radius 2 is 1.75 bits per heavy atom. The second-order valence-corrected chi connectivity index (χ2v) is 6.60. The molecule has 1 aliphatic carbocycles. The van der Waals surface area contributed by atoms with E-state index in [9.17, 15) is 14.4 Å². The molecule has 2 aliphatic rings. The first kappa shape index (κ1) is 16.4. The van der Waals surface area contributed by atoms with Crippen LogP contribution < -0.4 is 5.32 Å². The minimum absolute atomic E-state index is 0.123. The third-order valence-corrected chi connectivity index (χ3v) is 4.82. The minimum Gasteiger partial charge on any atom is -0.326 e. The molecule has 0 spiro atoms. The number of aryl methyl sites for hydroxylation is 2. The molecule has 5 heteroatoms. The Kier molecular flexibility index (Phi) is 4.51. The molecule has 126 valence electrons. The van der Waals surface area contributed by atoms with Crippen molar-refractivity contribution in [3.8, 4) is 0 Å². The van der Waals surface area contributed by atoms with Crippen LogP contribution in [-0.2, 0) is 14.4 Å². The van der Waals surface area contributed by atoms with Gasteiger partial charge in [0.2, 0.25) is 17.7 Å². The van der Waals surface area contributed by atoms with E-state index in [0.29, 0.717) is 12.8 Å². The van der Waals surface area contributed by atoms with Crippen molar-refractivity contribution in [2.24, 2.45) is 11.8 Å². The van der Waals surface area contributed by atoms with Crippen LogP contribution in [0, 0.1) is 25.7 Å². The normalized spacial score (nSPS) is 22.7. The van der Waals surface area contributed by atoms with Crippen molar-refractivity contribution in [2.75, 3.05) is 11.9 Å². The van der Waals surface area contributed by atoms with E-state index in [1.807, 2.05) is 44.2 Å². The molecule has 1 fully saturated rings. The fourth-order valence-electron chi connectivity index (χ4n) is 3.47. The van der Waals surface area contributed by atoms with Crippen molar-refractivity contribution < 1.29 is 14.4 Å². The SMILES string of the molecule is Cc1ccc(NC(=O)CCN2C(=O)[C@H]3CC=CC[C@@H]3C2=O)c(C)c1. The minimum atomic E-state index is -0.232. The number of benzene rings is 1. The van der Waals surface area contributed by atoms with Gasteiger partial charge in [0.15, 0.2) is 0 Å². The number of imide groups is 1. The summed E-state index contributed by atoms with van der Waals surface area (Å²) in [7, 11) is 0. The second-order valence-electron chi connectivity index (χ2n) is 6.60. The summed E-state index contributed by atoms with van der Waals surface area (Å²) in [5.74, 6) is -0.910. The fraction of sp³-hybridized carbons (Fsp3) is 0.421. The summed E-state index contributed by atoms with van der Waals surface area (Å²) in [5, 5.41) is 2.85. The van der Waals surface area contributed by atoms with Gasteiger partial charge in [0.25, 0.3) is 0 Å². The second kappa shape index (κ2) is 6.59. The summed E-state index contributed by atoms with van der Waals surface area (Å²) < 4.78 is 0. The van der Waals surface area contributed by atoms with Gasteiger partial charge in [0.1, 0.15) is 0 Å². The summed E-state index contributed by atoms with van der Waals surface area (Å²) in [6.45, 7) is 4.09. The molecule has 1 heterocycles. The number of fused-ring (bicyclic) bond motifs is 1. The van der Waals surface area contributed by atoms with E-state index in [-0.39, 0.29) is 42.5 Å². The van der Waals surface area contributed by atoms with Crippen LogP contribution in [0.3, 0.4) is 0 Å². The number of likely N-dealkylation sites (tertiary alicyclic amines) is 1. The summed E-state index contributed by atoms with van der Waals surface area (Å²) in [5.41, 5.74) is 2.89. The van der Waals surface area contributed by atoms with Gasteiger partial charge in [-0.1, -0.05) is 29.8 Å². The van der Waals surface area contributed by atoms with Crippen LogP contribution in [0.1, 0.15) is 30.4 Å². The van der Waals surface area contributed by atoms with Gasteiger partial charge in [-0.2, -0.15) is 0 Å². The Balaban J connectivity index is 1.58. The third-order valence-electron chi connectivity index (χ3n) is 4.82. The number of nitrogens with one attached hydrogen (secondary N) is 1. The van der Waals surface area contributed by atoms with Crippen molar-refractivity contribution in [2.45, 2.75) is 33.1 Å². The van der Waals surface area contributed by atoms with E-state index < -0.39 is 0 Å². The summed E-state index contributed by atoms with van der Waals surface area (Å²) in [6.07, 6.45) is 5.30. The lowest BCUT2D eigenvalue weighted by atomic mass is 9.85. The van der Waals surface area contributed by atoms with Crippen LogP contribution >= 0.6 is 0 Å². The third kappa shape index (κ3) is 3.11. The maximum absolute atomic E-state index is 12.4. The number of carbonyl (C=O) groups excluding carboxylic acids is 3. The van der Waals surface area contributed by atoms with E-state index in [0.717, 1.165) is 16.8 Å².